The van der Waals surface area contributed by atoms with Crippen molar-refractivity contribution in [1.82, 2.24) is 9.29 Å². The number of carbonyl (C=O) groups excluding carboxylic acids is 1. The van der Waals surface area contributed by atoms with Crippen molar-refractivity contribution in [2.75, 3.05) is 6.54 Å². The van der Waals surface area contributed by atoms with E-state index < -0.39 is 22.3 Å². The average molecular weight is 425 g/mol. The molecule has 8 nitrogen and oxygen atoms in total. The summed E-state index contributed by atoms with van der Waals surface area (Å²) in [5, 5.41) is 0. The number of primary amides is 1. The third-order valence-electron chi connectivity index (χ3n) is 4.69. The molecule has 3 aromatic rings. The van der Waals surface area contributed by atoms with Gasteiger partial charge in [-0.1, -0.05) is 42.5 Å². The Bertz CT molecular complexity index is 1150. The summed E-state index contributed by atoms with van der Waals surface area (Å²) < 4.78 is 38.5. The second-order valence-corrected chi connectivity index (χ2v) is 8.49. The molecule has 0 saturated carbocycles. The molecule has 0 unspecified atom stereocenters. The van der Waals surface area contributed by atoms with Gasteiger partial charge in [0.15, 0.2) is 6.23 Å². The highest BCUT2D eigenvalue weighted by atomic mass is 32.2. The van der Waals surface area contributed by atoms with Crippen LogP contribution in [0, 0.1) is 0 Å². The van der Waals surface area contributed by atoms with E-state index in [1.807, 2.05) is 30.3 Å². The van der Waals surface area contributed by atoms with Crippen LogP contribution in [-0.2, 0) is 21.2 Å². The Morgan fingerprint density at radius 2 is 1.77 bits per heavy atom. The minimum Gasteiger partial charge on any atom is -0.439 e. The summed E-state index contributed by atoms with van der Waals surface area (Å²) in [6.07, 6.45) is -0.495. The topological polar surface area (TPSA) is 112 Å². The summed E-state index contributed by atoms with van der Waals surface area (Å²) in [5.74, 6) is 0.845. The Labute approximate surface area is 173 Å². The van der Waals surface area contributed by atoms with E-state index >= 15 is 0 Å². The number of rotatable bonds is 5. The Morgan fingerprint density at radius 3 is 2.47 bits per heavy atom. The lowest BCUT2D eigenvalue weighted by atomic mass is 10.00. The van der Waals surface area contributed by atoms with E-state index in [4.69, 9.17) is 15.2 Å². The second kappa shape index (κ2) is 8.13. The maximum Gasteiger partial charge on any atom is 0.406 e. The monoisotopic (exact) mass is 425 g/mol. The molecule has 4 rings (SSSR count). The van der Waals surface area contributed by atoms with Crippen LogP contribution in [0.2, 0.25) is 0 Å². The van der Waals surface area contributed by atoms with Crippen molar-refractivity contribution in [3.63, 3.8) is 0 Å². The first-order valence-corrected chi connectivity index (χ1v) is 10.6. The lowest BCUT2D eigenvalue weighted by molar-refractivity contribution is 0.0295. The Hall–Kier alpha value is -3.43. The van der Waals surface area contributed by atoms with E-state index in [1.54, 1.807) is 24.3 Å². The summed E-state index contributed by atoms with van der Waals surface area (Å²) >= 11 is 0. The first kappa shape index (κ1) is 19.9. The maximum absolute atomic E-state index is 13.3. The quantitative estimate of drug-likeness (QED) is 0.672. The van der Waals surface area contributed by atoms with Crippen LogP contribution in [0.1, 0.15) is 17.4 Å². The van der Waals surface area contributed by atoms with Crippen molar-refractivity contribution in [3.05, 3.63) is 84.1 Å². The average Bonchev–Trinajstić information content (AvgIpc) is 2.74. The van der Waals surface area contributed by atoms with Crippen molar-refractivity contribution in [1.29, 1.82) is 0 Å². The fourth-order valence-electron chi connectivity index (χ4n) is 3.31. The number of benzene rings is 2. The molecule has 9 heteroatoms. The fourth-order valence-corrected chi connectivity index (χ4v) is 4.75. The number of hydrogen-bond acceptors (Lipinski definition) is 6. The zero-order valence-electron chi connectivity index (χ0n) is 15.8. The molecule has 2 heterocycles. The Kier molecular flexibility index (Phi) is 5.39. The molecule has 0 radical (unpaired) electrons. The molecule has 2 N–H and O–H groups in total. The molecule has 2 aromatic carbocycles. The first-order chi connectivity index (χ1) is 14.4. The lowest BCUT2D eigenvalue weighted by Crippen LogP contribution is -2.42. The molecule has 0 aliphatic carbocycles. The molecular weight excluding hydrogens is 406 g/mol. The number of hydrogen-bond donors (Lipinski definition) is 1. The van der Waals surface area contributed by atoms with Gasteiger partial charge in [0.2, 0.25) is 15.9 Å². The molecule has 1 aromatic heterocycles. The molecule has 1 amide bonds. The Balaban J connectivity index is 1.62. The third-order valence-corrected chi connectivity index (χ3v) is 6.52. The molecule has 0 spiro atoms. The van der Waals surface area contributed by atoms with Crippen LogP contribution in [0.4, 0.5) is 4.79 Å². The minimum absolute atomic E-state index is 0.0413. The predicted molar refractivity (Wildman–Crippen MR) is 108 cm³/mol. The van der Waals surface area contributed by atoms with Crippen molar-refractivity contribution >= 4 is 16.1 Å². The third kappa shape index (κ3) is 3.98. The Morgan fingerprint density at radius 1 is 1.03 bits per heavy atom. The van der Waals surface area contributed by atoms with Gasteiger partial charge in [-0.15, -0.1) is 0 Å². The van der Waals surface area contributed by atoms with Crippen LogP contribution in [-0.4, -0.2) is 30.3 Å². The van der Waals surface area contributed by atoms with Crippen LogP contribution in [0.25, 0.3) is 0 Å². The zero-order valence-corrected chi connectivity index (χ0v) is 16.7. The summed E-state index contributed by atoms with van der Waals surface area (Å²) in [4.78, 5) is 15.5. The van der Waals surface area contributed by atoms with Crippen LogP contribution in [0.15, 0.2) is 77.8 Å². The SMILES string of the molecule is NC(=O)O[C@@H]1c2ccccc2CCN1S(=O)(=O)c1ccc(Oc2ccccc2)nc1. The maximum atomic E-state index is 13.3. The largest absolute Gasteiger partial charge is 0.439 e. The highest BCUT2D eigenvalue weighted by molar-refractivity contribution is 7.89. The van der Waals surface area contributed by atoms with Crippen LogP contribution < -0.4 is 10.5 Å². The number of nitrogens with zero attached hydrogens (tertiary/aromatic N) is 2. The number of fused-ring (bicyclic) bond motifs is 1. The van der Waals surface area contributed by atoms with Gasteiger partial charge < -0.3 is 15.2 Å². The van der Waals surface area contributed by atoms with E-state index in [1.165, 1.54) is 18.3 Å². The summed E-state index contributed by atoms with van der Waals surface area (Å²) in [7, 11) is -4.01. The summed E-state index contributed by atoms with van der Waals surface area (Å²) in [6.45, 7) is 0.138. The van der Waals surface area contributed by atoms with Crippen molar-refractivity contribution in [2.45, 2.75) is 17.5 Å². The van der Waals surface area contributed by atoms with E-state index in [0.29, 0.717) is 17.7 Å². The number of aromatic nitrogens is 1. The van der Waals surface area contributed by atoms with Gasteiger partial charge in [0.05, 0.1) is 6.20 Å². The molecule has 1 aliphatic heterocycles. The predicted octanol–water partition coefficient (Wildman–Crippen LogP) is 3.21. The van der Waals surface area contributed by atoms with Crippen LogP contribution >= 0.6 is 0 Å². The number of para-hydroxylation sites is 1. The normalized spacial score (nSPS) is 16.5. The zero-order chi connectivity index (χ0) is 21.1. The molecule has 0 saturated heterocycles. The van der Waals surface area contributed by atoms with Gasteiger partial charge in [-0.2, -0.15) is 4.31 Å². The van der Waals surface area contributed by atoms with E-state index in [2.05, 4.69) is 4.98 Å². The standard InChI is InChI=1S/C21H19N3O5S/c22-21(25)29-20-18-9-5-4-6-15(18)12-13-24(20)30(26,27)17-10-11-19(23-14-17)28-16-7-2-1-3-8-16/h1-11,14,20H,12-13H2,(H2,22,25)/t20-/m1/s1. The smallest absolute Gasteiger partial charge is 0.406 e. The van der Waals surface area contributed by atoms with Crippen molar-refractivity contribution in [3.8, 4) is 11.6 Å². The number of pyridine rings is 1. The molecule has 30 heavy (non-hydrogen) atoms. The van der Waals surface area contributed by atoms with Gasteiger partial charge in [-0.25, -0.2) is 18.2 Å². The van der Waals surface area contributed by atoms with E-state index in [0.717, 1.165) is 9.87 Å². The highest BCUT2D eigenvalue weighted by Gasteiger charge is 2.38. The first-order valence-electron chi connectivity index (χ1n) is 9.20. The van der Waals surface area contributed by atoms with Crippen molar-refractivity contribution < 1.29 is 22.7 Å². The van der Waals surface area contributed by atoms with Gasteiger partial charge in [0.1, 0.15) is 10.6 Å². The molecule has 1 aliphatic rings. The summed E-state index contributed by atoms with van der Waals surface area (Å²) in [6, 6.07) is 19.1. The van der Waals surface area contributed by atoms with E-state index in [-0.39, 0.29) is 17.3 Å². The lowest BCUT2D eigenvalue weighted by Gasteiger charge is -2.34. The van der Waals surface area contributed by atoms with E-state index in [9.17, 15) is 13.2 Å². The van der Waals surface area contributed by atoms with Crippen molar-refractivity contribution in [2.24, 2.45) is 5.73 Å². The van der Waals surface area contributed by atoms with Gasteiger partial charge in [0, 0.05) is 18.2 Å². The van der Waals surface area contributed by atoms with Crippen LogP contribution in [0.5, 0.6) is 11.6 Å². The molecule has 0 bridgehead atoms. The van der Waals surface area contributed by atoms with Gasteiger partial charge >= 0.3 is 6.09 Å². The van der Waals surface area contributed by atoms with Gasteiger partial charge in [0.25, 0.3) is 0 Å². The number of sulfonamides is 1. The molecular formula is C21H19N3O5S. The molecule has 154 valence electrons. The minimum atomic E-state index is -4.01. The number of nitrogens with two attached hydrogens (primary N) is 1. The van der Waals surface area contributed by atoms with Crippen LogP contribution in [0.3, 0.4) is 0 Å². The molecule has 1 atom stereocenters. The van der Waals surface area contributed by atoms with Gasteiger partial charge in [-0.3, -0.25) is 0 Å². The highest BCUT2D eigenvalue weighted by Crippen LogP contribution is 2.35. The van der Waals surface area contributed by atoms with Gasteiger partial charge in [-0.05, 0) is 30.2 Å². The summed E-state index contributed by atoms with van der Waals surface area (Å²) in [5.41, 5.74) is 6.70. The second-order valence-electron chi connectivity index (χ2n) is 6.60. The number of ether oxygens (including phenoxy) is 2. The molecule has 0 fully saturated rings. The number of carbonyl (C=O) groups is 1. The fraction of sp³-hybridized carbons (Fsp3) is 0.143. The number of amides is 1.